The van der Waals surface area contributed by atoms with E-state index in [1.54, 1.807) is 30.3 Å². The highest BCUT2D eigenvalue weighted by Crippen LogP contribution is 2.20. The Morgan fingerprint density at radius 1 is 1.00 bits per heavy atom. The van der Waals surface area contributed by atoms with Crippen molar-refractivity contribution in [3.63, 3.8) is 0 Å². The second kappa shape index (κ2) is 8.96. The highest BCUT2D eigenvalue weighted by atomic mass is 16.5. The van der Waals surface area contributed by atoms with Crippen LogP contribution in [0.25, 0.3) is 11.0 Å². The fourth-order valence-corrected chi connectivity index (χ4v) is 3.71. The van der Waals surface area contributed by atoms with Crippen LogP contribution < -0.4 is 15.7 Å². The number of anilines is 1. The molecule has 0 saturated carbocycles. The van der Waals surface area contributed by atoms with E-state index in [0.29, 0.717) is 28.9 Å². The number of benzene rings is 2. The highest BCUT2D eigenvalue weighted by Gasteiger charge is 2.11. The largest absolute Gasteiger partial charge is 0.492 e. The minimum absolute atomic E-state index is 0.240. The molecule has 7 heteroatoms. The molecule has 1 aliphatic heterocycles. The number of fused-ring (bicyclic) bond motifs is 1. The predicted molar refractivity (Wildman–Crippen MR) is 114 cm³/mol. The summed E-state index contributed by atoms with van der Waals surface area (Å²) < 4.78 is 5.85. The van der Waals surface area contributed by atoms with Gasteiger partial charge >= 0.3 is 5.69 Å². The first-order valence-corrected chi connectivity index (χ1v) is 10.2. The average Bonchev–Trinajstić information content (AvgIpc) is 2.93. The Labute approximate surface area is 169 Å². The van der Waals surface area contributed by atoms with Gasteiger partial charge in [0.15, 0.2) is 0 Å². The third kappa shape index (κ3) is 4.86. The van der Waals surface area contributed by atoms with Gasteiger partial charge in [0, 0.05) is 12.1 Å². The molecule has 29 heavy (non-hydrogen) atoms. The summed E-state index contributed by atoms with van der Waals surface area (Å²) >= 11 is 0. The number of nitrogens with zero attached hydrogens (tertiary/aromatic N) is 1. The van der Waals surface area contributed by atoms with E-state index in [-0.39, 0.29) is 11.6 Å². The number of carbonyl (C=O) groups is 1. The lowest BCUT2D eigenvalue weighted by Gasteiger charge is -2.19. The Morgan fingerprint density at radius 3 is 2.52 bits per heavy atom. The molecule has 7 nitrogen and oxygen atoms in total. The van der Waals surface area contributed by atoms with E-state index in [2.05, 4.69) is 20.2 Å². The van der Waals surface area contributed by atoms with E-state index in [0.717, 1.165) is 25.4 Å². The minimum atomic E-state index is -0.302. The van der Waals surface area contributed by atoms with E-state index in [1.165, 1.54) is 25.7 Å². The van der Waals surface area contributed by atoms with Gasteiger partial charge in [-0.3, -0.25) is 9.69 Å². The number of hydrogen-bond acceptors (Lipinski definition) is 4. The smallest absolute Gasteiger partial charge is 0.323 e. The van der Waals surface area contributed by atoms with Gasteiger partial charge in [-0.15, -0.1) is 0 Å². The van der Waals surface area contributed by atoms with E-state index >= 15 is 0 Å². The van der Waals surface area contributed by atoms with Crippen molar-refractivity contribution >= 4 is 22.6 Å². The molecular weight excluding hydrogens is 368 g/mol. The van der Waals surface area contributed by atoms with Crippen LogP contribution in [0.15, 0.2) is 47.3 Å². The number of ether oxygens (including phenoxy) is 1. The van der Waals surface area contributed by atoms with Crippen molar-refractivity contribution in [2.24, 2.45) is 0 Å². The molecule has 1 aromatic heterocycles. The van der Waals surface area contributed by atoms with Crippen LogP contribution in [0.2, 0.25) is 0 Å². The van der Waals surface area contributed by atoms with Crippen molar-refractivity contribution in [2.75, 3.05) is 31.6 Å². The first-order chi connectivity index (χ1) is 14.2. The van der Waals surface area contributed by atoms with Crippen molar-refractivity contribution in [1.82, 2.24) is 14.9 Å². The topological polar surface area (TPSA) is 90.2 Å². The normalized spacial score (nSPS) is 15.2. The van der Waals surface area contributed by atoms with Crippen molar-refractivity contribution in [3.8, 4) is 5.75 Å². The molecule has 4 rings (SSSR count). The molecule has 0 atom stereocenters. The third-order valence-electron chi connectivity index (χ3n) is 5.29. The van der Waals surface area contributed by atoms with Crippen molar-refractivity contribution in [1.29, 1.82) is 0 Å². The van der Waals surface area contributed by atoms with Crippen molar-refractivity contribution in [2.45, 2.75) is 25.7 Å². The Balaban J connectivity index is 1.33. The van der Waals surface area contributed by atoms with Crippen LogP contribution >= 0.6 is 0 Å². The summed E-state index contributed by atoms with van der Waals surface area (Å²) in [6.07, 6.45) is 5.20. The fourth-order valence-electron chi connectivity index (χ4n) is 3.71. The van der Waals surface area contributed by atoms with Crippen molar-refractivity contribution < 1.29 is 9.53 Å². The van der Waals surface area contributed by atoms with Gasteiger partial charge in [0.1, 0.15) is 12.4 Å². The summed E-state index contributed by atoms with van der Waals surface area (Å²) in [6, 6.07) is 12.4. The molecule has 1 saturated heterocycles. The van der Waals surface area contributed by atoms with Crippen LogP contribution in [0.5, 0.6) is 5.75 Å². The van der Waals surface area contributed by atoms with Gasteiger partial charge in [0.2, 0.25) is 0 Å². The summed E-state index contributed by atoms with van der Waals surface area (Å²) in [6.45, 7) is 3.89. The molecule has 0 bridgehead atoms. The van der Waals surface area contributed by atoms with Crippen LogP contribution in [0, 0.1) is 0 Å². The van der Waals surface area contributed by atoms with Gasteiger partial charge < -0.3 is 20.0 Å². The Bertz CT molecular complexity index is 1010. The standard InChI is InChI=1S/C22H26N4O3/c27-21(23-18-6-5-7-19-20(18)25-22(28)24-19)16-8-10-17(11-9-16)29-15-14-26-12-3-1-2-4-13-26/h5-11H,1-4,12-15H2,(H,23,27)(H2,24,25,28). The monoisotopic (exact) mass is 394 g/mol. The molecule has 3 aromatic rings. The molecule has 0 aliphatic carbocycles. The second-order valence-corrected chi connectivity index (χ2v) is 7.39. The number of para-hydroxylation sites is 1. The quantitative estimate of drug-likeness (QED) is 0.598. The summed E-state index contributed by atoms with van der Waals surface area (Å²) in [5.74, 6) is 0.518. The van der Waals surface area contributed by atoms with Gasteiger partial charge in [-0.05, 0) is 62.3 Å². The van der Waals surface area contributed by atoms with Gasteiger partial charge in [0.05, 0.1) is 16.7 Å². The molecule has 0 unspecified atom stereocenters. The van der Waals surface area contributed by atoms with Crippen LogP contribution in [0.3, 0.4) is 0 Å². The van der Waals surface area contributed by atoms with Gasteiger partial charge in [-0.1, -0.05) is 18.9 Å². The zero-order valence-electron chi connectivity index (χ0n) is 16.4. The number of aromatic nitrogens is 2. The molecule has 0 spiro atoms. The molecule has 152 valence electrons. The average molecular weight is 394 g/mol. The second-order valence-electron chi connectivity index (χ2n) is 7.39. The summed E-state index contributed by atoms with van der Waals surface area (Å²) in [5, 5.41) is 2.85. The number of H-pyrrole nitrogens is 2. The molecule has 3 N–H and O–H groups in total. The van der Waals surface area contributed by atoms with Crippen LogP contribution in [-0.2, 0) is 0 Å². The Kier molecular flexibility index (Phi) is 5.95. The van der Waals surface area contributed by atoms with Gasteiger partial charge in [-0.25, -0.2) is 4.79 Å². The predicted octanol–water partition coefficient (Wildman–Crippen LogP) is 3.36. The maximum Gasteiger partial charge on any atom is 0.323 e. The van der Waals surface area contributed by atoms with E-state index < -0.39 is 0 Å². The number of likely N-dealkylation sites (tertiary alicyclic amines) is 1. The maximum atomic E-state index is 12.6. The van der Waals surface area contributed by atoms with Gasteiger partial charge in [-0.2, -0.15) is 0 Å². The van der Waals surface area contributed by atoms with Crippen LogP contribution in [0.4, 0.5) is 5.69 Å². The lowest BCUT2D eigenvalue weighted by atomic mass is 10.2. The van der Waals surface area contributed by atoms with Crippen LogP contribution in [-0.4, -0.2) is 47.0 Å². The number of carbonyl (C=O) groups excluding carboxylic acids is 1. The molecule has 1 fully saturated rings. The molecule has 1 amide bonds. The molecule has 0 radical (unpaired) electrons. The zero-order valence-corrected chi connectivity index (χ0v) is 16.4. The Hall–Kier alpha value is -3.06. The SMILES string of the molecule is O=C(Nc1cccc2[nH]c(=O)[nH]c12)c1ccc(OCCN2CCCCCC2)cc1. The summed E-state index contributed by atoms with van der Waals surface area (Å²) in [4.78, 5) is 31.9. The lowest BCUT2D eigenvalue weighted by Crippen LogP contribution is -2.29. The zero-order chi connectivity index (χ0) is 20.1. The number of imidazole rings is 1. The molecule has 1 aliphatic rings. The molecular formula is C22H26N4O3. The summed E-state index contributed by atoms with van der Waals surface area (Å²) in [5.41, 5.74) is 2.02. The minimum Gasteiger partial charge on any atom is -0.492 e. The Morgan fingerprint density at radius 2 is 1.76 bits per heavy atom. The number of amides is 1. The van der Waals surface area contributed by atoms with Gasteiger partial charge in [0.25, 0.3) is 5.91 Å². The first kappa shape index (κ1) is 19.3. The number of hydrogen-bond donors (Lipinski definition) is 3. The number of aromatic amines is 2. The number of nitrogens with one attached hydrogen (secondary N) is 3. The van der Waals surface area contributed by atoms with E-state index in [4.69, 9.17) is 4.74 Å². The number of rotatable bonds is 6. The van der Waals surface area contributed by atoms with Crippen molar-refractivity contribution in [3.05, 3.63) is 58.5 Å². The third-order valence-corrected chi connectivity index (χ3v) is 5.29. The molecule has 2 heterocycles. The lowest BCUT2D eigenvalue weighted by molar-refractivity contribution is 0.102. The summed E-state index contributed by atoms with van der Waals surface area (Å²) in [7, 11) is 0. The first-order valence-electron chi connectivity index (χ1n) is 10.2. The fraction of sp³-hybridized carbons (Fsp3) is 0.364. The highest BCUT2D eigenvalue weighted by molar-refractivity contribution is 6.07. The van der Waals surface area contributed by atoms with E-state index in [1.807, 2.05) is 12.1 Å². The van der Waals surface area contributed by atoms with Crippen LogP contribution in [0.1, 0.15) is 36.0 Å². The molecule has 2 aromatic carbocycles. The maximum absolute atomic E-state index is 12.6. The van der Waals surface area contributed by atoms with E-state index in [9.17, 15) is 9.59 Å².